The molecule has 1 N–H and O–H groups in total. The summed E-state index contributed by atoms with van der Waals surface area (Å²) in [6.45, 7) is 0.199. The third-order valence-corrected chi connectivity index (χ3v) is 2.49. The highest BCUT2D eigenvalue weighted by atomic mass is 16.6. The minimum Gasteiger partial charge on any atom is -0.459 e. The highest BCUT2D eigenvalue weighted by Crippen LogP contribution is 2.18. The van der Waals surface area contributed by atoms with Crippen molar-refractivity contribution < 1.29 is 19.4 Å². The number of ether oxygens (including phenoxy) is 2. The minimum absolute atomic E-state index is 0.178. The van der Waals surface area contributed by atoms with Gasteiger partial charge in [-0.15, -0.1) is 0 Å². The average molecular weight is 222 g/mol. The lowest BCUT2D eigenvalue weighted by Gasteiger charge is -2.10. The third kappa shape index (κ3) is 2.81. The quantitative estimate of drug-likeness (QED) is 0.784. The van der Waals surface area contributed by atoms with Crippen LogP contribution < -0.4 is 0 Å². The van der Waals surface area contributed by atoms with Crippen molar-refractivity contribution in [3.05, 3.63) is 35.9 Å². The van der Waals surface area contributed by atoms with Crippen molar-refractivity contribution in [1.29, 1.82) is 0 Å². The number of hydrogen-bond acceptors (Lipinski definition) is 4. The first-order valence-electron chi connectivity index (χ1n) is 5.31. The summed E-state index contributed by atoms with van der Waals surface area (Å²) in [5, 5.41) is 9.12. The molecule has 0 radical (unpaired) electrons. The lowest BCUT2D eigenvalue weighted by Crippen LogP contribution is -2.19. The number of esters is 1. The second kappa shape index (κ2) is 5.09. The van der Waals surface area contributed by atoms with Gasteiger partial charge in [0.25, 0.3) is 0 Å². The molecule has 0 aromatic heterocycles. The van der Waals surface area contributed by atoms with Gasteiger partial charge in [0.05, 0.1) is 11.7 Å². The van der Waals surface area contributed by atoms with Gasteiger partial charge in [-0.2, -0.15) is 0 Å². The fraction of sp³-hybridized carbons (Fsp3) is 0.417. The molecule has 1 unspecified atom stereocenters. The van der Waals surface area contributed by atoms with Gasteiger partial charge < -0.3 is 14.6 Å². The van der Waals surface area contributed by atoms with Crippen LogP contribution in [0.25, 0.3) is 0 Å². The summed E-state index contributed by atoms with van der Waals surface area (Å²) in [6.07, 6.45) is 0.444. The van der Waals surface area contributed by atoms with Crippen molar-refractivity contribution in [1.82, 2.24) is 0 Å². The van der Waals surface area contributed by atoms with Gasteiger partial charge in [0, 0.05) is 6.42 Å². The highest BCUT2D eigenvalue weighted by molar-refractivity contribution is 5.89. The molecule has 1 heterocycles. The molecule has 1 fully saturated rings. The van der Waals surface area contributed by atoms with Crippen LogP contribution in [0.4, 0.5) is 0 Å². The van der Waals surface area contributed by atoms with E-state index in [2.05, 4.69) is 0 Å². The van der Waals surface area contributed by atoms with Crippen molar-refractivity contribution in [3.8, 4) is 0 Å². The van der Waals surface area contributed by atoms with Crippen LogP contribution in [0.1, 0.15) is 23.2 Å². The molecule has 16 heavy (non-hydrogen) atoms. The summed E-state index contributed by atoms with van der Waals surface area (Å²) in [6, 6.07) is 8.81. The molecule has 1 aromatic rings. The van der Waals surface area contributed by atoms with Crippen LogP contribution in [0.15, 0.2) is 30.3 Å². The first-order chi connectivity index (χ1) is 7.75. The highest BCUT2D eigenvalue weighted by Gasteiger charge is 2.24. The Morgan fingerprint density at radius 1 is 1.38 bits per heavy atom. The number of aliphatic hydroxyl groups is 1. The van der Waals surface area contributed by atoms with Crippen LogP contribution >= 0.6 is 0 Å². The van der Waals surface area contributed by atoms with Gasteiger partial charge in [-0.25, -0.2) is 4.79 Å². The maximum atomic E-state index is 11.5. The topological polar surface area (TPSA) is 55.8 Å². The summed E-state index contributed by atoms with van der Waals surface area (Å²) in [5.74, 6) is -0.356. The van der Waals surface area contributed by atoms with Crippen molar-refractivity contribution in [2.75, 3.05) is 6.61 Å². The molecule has 0 saturated carbocycles. The molecule has 0 bridgehead atoms. The fourth-order valence-corrected chi connectivity index (χ4v) is 1.64. The molecule has 1 saturated heterocycles. The smallest absolute Gasteiger partial charge is 0.338 e. The maximum Gasteiger partial charge on any atom is 0.338 e. The molecule has 4 nitrogen and oxygen atoms in total. The Balaban J connectivity index is 1.80. The lowest BCUT2D eigenvalue weighted by atomic mass is 10.2. The van der Waals surface area contributed by atoms with Gasteiger partial charge in [0.15, 0.2) is 6.29 Å². The molecule has 1 aliphatic rings. The van der Waals surface area contributed by atoms with Crippen molar-refractivity contribution in [2.45, 2.75) is 25.2 Å². The van der Waals surface area contributed by atoms with Crippen LogP contribution in [0.2, 0.25) is 0 Å². The third-order valence-electron chi connectivity index (χ3n) is 2.49. The molecule has 86 valence electrons. The largest absolute Gasteiger partial charge is 0.459 e. The standard InChI is InChI=1S/C12H14O4/c13-11-7-6-10(16-11)8-15-12(14)9-4-2-1-3-5-9/h1-5,10-11,13H,6-8H2/t10-,11?/m0/s1. The number of hydrogen-bond donors (Lipinski definition) is 1. The van der Waals surface area contributed by atoms with E-state index in [1.807, 2.05) is 6.07 Å². The molecule has 4 heteroatoms. The number of carbonyl (C=O) groups excluding carboxylic acids is 1. The van der Waals surface area contributed by atoms with Crippen LogP contribution in [0.3, 0.4) is 0 Å². The monoisotopic (exact) mass is 222 g/mol. The Hall–Kier alpha value is -1.39. The van der Waals surface area contributed by atoms with Crippen molar-refractivity contribution >= 4 is 5.97 Å². The lowest BCUT2D eigenvalue weighted by molar-refractivity contribution is -0.103. The van der Waals surface area contributed by atoms with Crippen LogP contribution in [-0.2, 0) is 9.47 Å². The Kier molecular flexibility index (Phi) is 3.54. The first kappa shape index (κ1) is 11.1. The Morgan fingerprint density at radius 2 is 2.12 bits per heavy atom. The maximum absolute atomic E-state index is 11.5. The van der Waals surface area contributed by atoms with E-state index in [0.717, 1.165) is 6.42 Å². The summed E-state index contributed by atoms with van der Waals surface area (Å²) < 4.78 is 10.2. The molecule has 1 aromatic carbocycles. The number of benzene rings is 1. The van der Waals surface area contributed by atoms with E-state index >= 15 is 0 Å². The summed E-state index contributed by atoms with van der Waals surface area (Å²) in [5.41, 5.74) is 0.529. The zero-order valence-electron chi connectivity index (χ0n) is 8.83. The van der Waals surface area contributed by atoms with Crippen molar-refractivity contribution in [3.63, 3.8) is 0 Å². The van der Waals surface area contributed by atoms with Crippen molar-refractivity contribution in [2.24, 2.45) is 0 Å². The predicted molar refractivity (Wildman–Crippen MR) is 56.8 cm³/mol. The van der Waals surface area contributed by atoms with E-state index in [0.29, 0.717) is 12.0 Å². The molecular weight excluding hydrogens is 208 g/mol. The number of aliphatic hydroxyl groups excluding tert-OH is 1. The van der Waals surface area contributed by atoms with Crippen LogP contribution in [-0.4, -0.2) is 30.1 Å². The average Bonchev–Trinajstić information content (AvgIpc) is 2.73. The first-order valence-corrected chi connectivity index (χ1v) is 5.31. The van der Waals surface area contributed by atoms with E-state index in [-0.39, 0.29) is 18.7 Å². The van der Waals surface area contributed by atoms with E-state index in [1.54, 1.807) is 24.3 Å². The van der Waals surface area contributed by atoms with Crippen LogP contribution in [0.5, 0.6) is 0 Å². The molecule has 1 aliphatic heterocycles. The SMILES string of the molecule is O=C(OC[C@@H]1CCC(O)O1)c1ccccc1. The van der Waals surface area contributed by atoms with Gasteiger partial charge >= 0.3 is 5.97 Å². The van der Waals surface area contributed by atoms with Gasteiger partial charge in [-0.3, -0.25) is 0 Å². The number of carbonyl (C=O) groups is 1. The van der Waals surface area contributed by atoms with Crippen LogP contribution in [0, 0.1) is 0 Å². The minimum atomic E-state index is -0.708. The second-order valence-corrected chi connectivity index (χ2v) is 3.75. The molecule has 0 aliphatic carbocycles. The summed E-state index contributed by atoms with van der Waals surface area (Å²) in [4.78, 5) is 11.5. The molecule has 0 spiro atoms. The Bertz CT molecular complexity index is 349. The summed E-state index contributed by atoms with van der Waals surface area (Å²) in [7, 11) is 0. The Labute approximate surface area is 93.8 Å². The normalized spacial score (nSPS) is 24.3. The molecular formula is C12H14O4. The zero-order valence-corrected chi connectivity index (χ0v) is 8.83. The fourth-order valence-electron chi connectivity index (χ4n) is 1.64. The van der Waals surface area contributed by atoms with E-state index in [1.165, 1.54) is 0 Å². The predicted octanol–water partition coefficient (Wildman–Crippen LogP) is 1.34. The molecule has 2 rings (SSSR count). The molecule has 2 atom stereocenters. The van der Waals surface area contributed by atoms with Gasteiger partial charge in [0.2, 0.25) is 0 Å². The Morgan fingerprint density at radius 3 is 2.75 bits per heavy atom. The van der Waals surface area contributed by atoms with E-state index < -0.39 is 6.29 Å². The van der Waals surface area contributed by atoms with E-state index in [9.17, 15) is 4.79 Å². The number of rotatable bonds is 3. The molecule has 0 amide bonds. The van der Waals surface area contributed by atoms with Gasteiger partial charge in [-0.1, -0.05) is 18.2 Å². The summed E-state index contributed by atoms with van der Waals surface area (Å²) >= 11 is 0. The zero-order chi connectivity index (χ0) is 11.4. The van der Waals surface area contributed by atoms with Gasteiger partial charge in [0.1, 0.15) is 6.61 Å². The van der Waals surface area contributed by atoms with E-state index in [4.69, 9.17) is 14.6 Å². The van der Waals surface area contributed by atoms with Gasteiger partial charge in [-0.05, 0) is 18.6 Å². The second-order valence-electron chi connectivity index (χ2n) is 3.75.